The van der Waals surface area contributed by atoms with Crippen LogP contribution in [0.25, 0.3) is 10.8 Å². The molecule has 1 heterocycles. The summed E-state index contributed by atoms with van der Waals surface area (Å²) in [7, 11) is 0. The number of amides is 2. The van der Waals surface area contributed by atoms with E-state index in [0.29, 0.717) is 24.9 Å². The number of esters is 1. The van der Waals surface area contributed by atoms with Crippen LogP contribution in [0, 0.1) is 5.92 Å². The lowest BCUT2D eigenvalue weighted by Gasteiger charge is -2.18. The van der Waals surface area contributed by atoms with Crippen LogP contribution in [0.1, 0.15) is 30.1 Å². The number of nitrogens with one attached hydrogen (secondary N) is 2. The average molecular weight is 380 g/mol. The van der Waals surface area contributed by atoms with Crippen LogP contribution in [-0.2, 0) is 14.3 Å². The Morgan fingerprint density at radius 2 is 2.04 bits per heavy atom. The zero-order chi connectivity index (χ0) is 19.9. The van der Waals surface area contributed by atoms with Gasteiger partial charge in [0.15, 0.2) is 0 Å². The summed E-state index contributed by atoms with van der Waals surface area (Å²) in [6.45, 7) is 2.65. The molecule has 2 aromatic rings. The second-order valence-electron chi connectivity index (χ2n) is 6.77. The third kappa shape index (κ3) is 4.97. The van der Waals surface area contributed by atoms with E-state index < -0.39 is 12.0 Å². The van der Waals surface area contributed by atoms with Gasteiger partial charge < -0.3 is 15.4 Å². The summed E-state index contributed by atoms with van der Waals surface area (Å²) in [5.74, 6) is -0.922. The molecule has 0 spiro atoms. The quantitative estimate of drug-likeness (QED) is 0.571. The van der Waals surface area contributed by atoms with E-state index in [1.54, 1.807) is 19.1 Å². The summed E-state index contributed by atoms with van der Waals surface area (Å²) < 4.78 is 4.90. The first-order valence-electron chi connectivity index (χ1n) is 9.49. The maximum absolute atomic E-state index is 12.8. The molecule has 2 amide bonds. The zero-order valence-electron chi connectivity index (χ0n) is 15.8. The number of carbonyl (C=O) groups is 3. The number of benzene rings is 2. The average Bonchev–Trinajstić information content (AvgIpc) is 3.10. The molecule has 1 saturated heterocycles. The summed E-state index contributed by atoms with van der Waals surface area (Å²) in [5, 5.41) is 7.76. The second kappa shape index (κ2) is 9.17. The van der Waals surface area contributed by atoms with Gasteiger partial charge >= 0.3 is 5.97 Å². The molecule has 146 valence electrons. The molecular formula is C22H24N2O4. The molecular weight excluding hydrogens is 356 g/mol. The standard InChI is InChI=1S/C22H24N2O4/c1-2-28-20(25)10-9-19(14-18-11-12-23-21(18)26)24-22(27)17-8-7-15-5-3-4-6-16(15)13-17/h3-10,13,18-19H,2,11-12,14H2,1H3,(H,23,26)(H,24,27)/t18-,19-/m1/s1. The summed E-state index contributed by atoms with van der Waals surface area (Å²) in [4.78, 5) is 36.3. The van der Waals surface area contributed by atoms with Gasteiger partial charge in [0, 0.05) is 30.1 Å². The van der Waals surface area contributed by atoms with Crippen LogP contribution in [-0.4, -0.2) is 37.0 Å². The molecule has 28 heavy (non-hydrogen) atoms. The minimum atomic E-state index is -0.469. The number of hydrogen-bond acceptors (Lipinski definition) is 4. The molecule has 0 bridgehead atoms. The van der Waals surface area contributed by atoms with Crippen LogP contribution < -0.4 is 10.6 Å². The summed E-state index contributed by atoms with van der Waals surface area (Å²) in [6.07, 6.45) is 4.06. The minimum Gasteiger partial charge on any atom is -0.463 e. The molecule has 0 saturated carbocycles. The number of hydrogen-bond donors (Lipinski definition) is 2. The van der Waals surface area contributed by atoms with Gasteiger partial charge in [0.05, 0.1) is 6.61 Å². The number of fused-ring (bicyclic) bond motifs is 1. The molecule has 0 aromatic heterocycles. The highest BCUT2D eigenvalue weighted by Gasteiger charge is 2.27. The lowest BCUT2D eigenvalue weighted by atomic mass is 9.97. The highest BCUT2D eigenvalue weighted by atomic mass is 16.5. The van der Waals surface area contributed by atoms with Crippen LogP contribution in [0.4, 0.5) is 0 Å². The first kappa shape index (κ1) is 19.6. The lowest BCUT2D eigenvalue weighted by Crippen LogP contribution is -2.36. The van der Waals surface area contributed by atoms with Gasteiger partial charge in [-0.15, -0.1) is 0 Å². The second-order valence-corrected chi connectivity index (χ2v) is 6.77. The Kier molecular flexibility index (Phi) is 6.42. The largest absolute Gasteiger partial charge is 0.463 e. The van der Waals surface area contributed by atoms with Gasteiger partial charge in [-0.25, -0.2) is 4.79 Å². The van der Waals surface area contributed by atoms with Crippen molar-refractivity contribution >= 4 is 28.6 Å². The van der Waals surface area contributed by atoms with E-state index in [2.05, 4.69) is 10.6 Å². The zero-order valence-corrected chi connectivity index (χ0v) is 15.8. The molecule has 2 N–H and O–H groups in total. The Morgan fingerprint density at radius 3 is 2.75 bits per heavy atom. The molecule has 1 fully saturated rings. The monoisotopic (exact) mass is 380 g/mol. The van der Waals surface area contributed by atoms with Gasteiger partial charge in [0.2, 0.25) is 5.91 Å². The van der Waals surface area contributed by atoms with Crippen LogP contribution in [0.2, 0.25) is 0 Å². The molecule has 0 radical (unpaired) electrons. The van der Waals surface area contributed by atoms with Crippen LogP contribution in [0.15, 0.2) is 54.6 Å². The number of ether oxygens (including phenoxy) is 1. The Hall–Kier alpha value is -3.15. The fourth-order valence-corrected chi connectivity index (χ4v) is 3.33. The van der Waals surface area contributed by atoms with E-state index in [1.165, 1.54) is 6.08 Å². The maximum Gasteiger partial charge on any atom is 0.330 e. The van der Waals surface area contributed by atoms with Crippen molar-refractivity contribution in [1.82, 2.24) is 10.6 Å². The Labute approximate surface area is 163 Å². The third-order valence-electron chi connectivity index (χ3n) is 4.78. The predicted octanol–water partition coefficient (Wildman–Crippen LogP) is 2.58. The molecule has 0 aliphatic carbocycles. The Bertz CT molecular complexity index is 906. The van der Waals surface area contributed by atoms with Crippen molar-refractivity contribution in [2.24, 2.45) is 5.92 Å². The smallest absolute Gasteiger partial charge is 0.330 e. The molecule has 1 aliphatic heterocycles. The van der Waals surface area contributed by atoms with Gasteiger partial charge in [-0.05, 0) is 42.7 Å². The van der Waals surface area contributed by atoms with Crippen molar-refractivity contribution in [2.75, 3.05) is 13.2 Å². The molecule has 1 aliphatic rings. The minimum absolute atomic E-state index is 0.0190. The van der Waals surface area contributed by atoms with Gasteiger partial charge in [0.25, 0.3) is 5.91 Å². The van der Waals surface area contributed by atoms with Crippen LogP contribution in [0.5, 0.6) is 0 Å². The van der Waals surface area contributed by atoms with Crippen molar-refractivity contribution in [1.29, 1.82) is 0 Å². The van der Waals surface area contributed by atoms with Crippen molar-refractivity contribution < 1.29 is 19.1 Å². The van der Waals surface area contributed by atoms with Gasteiger partial charge in [-0.1, -0.05) is 36.4 Å². The normalized spacial score (nSPS) is 17.5. The van der Waals surface area contributed by atoms with E-state index in [-0.39, 0.29) is 24.3 Å². The molecule has 3 rings (SSSR count). The fraction of sp³-hybridized carbons (Fsp3) is 0.318. The van der Waals surface area contributed by atoms with Crippen molar-refractivity contribution in [3.05, 3.63) is 60.2 Å². The molecule has 2 atom stereocenters. The first-order valence-corrected chi connectivity index (χ1v) is 9.49. The Morgan fingerprint density at radius 1 is 1.25 bits per heavy atom. The van der Waals surface area contributed by atoms with Crippen LogP contribution in [0.3, 0.4) is 0 Å². The van der Waals surface area contributed by atoms with E-state index in [0.717, 1.165) is 10.8 Å². The van der Waals surface area contributed by atoms with E-state index in [1.807, 2.05) is 36.4 Å². The summed E-state index contributed by atoms with van der Waals surface area (Å²) >= 11 is 0. The fourth-order valence-electron chi connectivity index (χ4n) is 3.33. The van der Waals surface area contributed by atoms with E-state index >= 15 is 0 Å². The molecule has 6 nitrogen and oxygen atoms in total. The summed E-state index contributed by atoms with van der Waals surface area (Å²) in [6, 6.07) is 12.9. The SMILES string of the molecule is CCOC(=O)C=C[C@H](C[C@H]1CCNC1=O)NC(=O)c1ccc2ccccc2c1. The van der Waals surface area contributed by atoms with Crippen molar-refractivity contribution in [2.45, 2.75) is 25.8 Å². The van der Waals surface area contributed by atoms with E-state index in [4.69, 9.17) is 4.74 Å². The first-order chi connectivity index (χ1) is 13.6. The highest BCUT2D eigenvalue weighted by molar-refractivity contribution is 5.99. The van der Waals surface area contributed by atoms with Crippen molar-refractivity contribution in [3.8, 4) is 0 Å². The maximum atomic E-state index is 12.8. The molecule has 6 heteroatoms. The van der Waals surface area contributed by atoms with Crippen molar-refractivity contribution in [3.63, 3.8) is 0 Å². The molecule has 0 unspecified atom stereocenters. The number of rotatable bonds is 7. The predicted molar refractivity (Wildman–Crippen MR) is 107 cm³/mol. The summed E-state index contributed by atoms with van der Waals surface area (Å²) in [5.41, 5.74) is 0.532. The highest BCUT2D eigenvalue weighted by Crippen LogP contribution is 2.19. The van der Waals surface area contributed by atoms with Crippen LogP contribution >= 0.6 is 0 Å². The third-order valence-corrected chi connectivity index (χ3v) is 4.78. The topological polar surface area (TPSA) is 84.5 Å². The number of carbonyl (C=O) groups excluding carboxylic acids is 3. The lowest BCUT2D eigenvalue weighted by molar-refractivity contribution is -0.137. The molecule has 2 aromatic carbocycles. The van der Waals surface area contributed by atoms with E-state index in [9.17, 15) is 14.4 Å². The Balaban J connectivity index is 1.74. The van der Waals surface area contributed by atoms with Gasteiger partial charge in [-0.2, -0.15) is 0 Å². The van der Waals surface area contributed by atoms with Gasteiger partial charge in [0.1, 0.15) is 0 Å². The van der Waals surface area contributed by atoms with Gasteiger partial charge in [-0.3, -0.25) is 9.59 Å².